The maximum absolute atomic E-state index is 13.4. The molecule has 1 aromatic heterocycles. The summed E-state index contributed by atoms with van der Waals surface area (Å²) in [5.41, 5.74) is 0. The number of hydrogen-bond donors (Lipinski definition) is 1. The number of halogens is 1. The Balaban J connectivity index is 0.00000241. The van der Waals surface area contributed by atoms with Crippen LogP contribution in [0.4, 0.5) is 0 Å². The normalized spacial score (nSPS) is 29.7. The molecule has 34 heavy (non-hydrogen) atoms. The van der Waals surface area contributed by atoms with Crippen LogP contribution in [-0.2, 0) is 0 Å². The number of ether oxygens (including phenoxy) is 1. The minimum atomic E-state index is -0.146. The van der Waals surface area contributed by atoms with Crippen molar-refractivity contribution in [3.8, 4) is 5.88 Å². The van der Waals surface area contributed by atoms with Crippen LogP contribution in [-0.4, -0.2) is 48.2 Å². The van der Waals surface area contributed by atoms with Gasteiger partial charge in [0.2, 0.25) is 5.76 Å². The van der Waals surface area contributed by atoms with Crippen molar-refractivity contribution in [1.29, 1.82) is 0 Å². The summed E-state index contributed by atoms with van der Waals surface area (Å²) in [5.74, 6) is 3.57. The molecule has 0 spiro atoms. The fraction of sp³-hybridized carbons (Fsp3) is 0.615. The van der Waals surface area contributed by atoms with Crippen LogP contribution in [0.1, 0.15) is 55.5 Å². The predicted molar refractivity (Wildman–Crippen MR) is 134 cm³/mol. The average Bonchev–Trinajstić information content (AvgIpc) is 3.47. The minimum absolute atomic E-state index is 0. The summed E-state index contributed by atoms with van der Waals surface area (Å²) in [6, 6.07) is 10.3. The molecule has 1 N–H and O–H groups in total. The number of aromatic nitrogens is 1. The van der Waals surface area contributed by atoms with Gasteiger partial charge in [-0.15, -0.1) is 12.4 Å². The molecule has 1 amide bonds. The molecule has 7 rings (SSSR count). The molecule has 1 aromatic carbocycles. The van der Waals surface area contributed by atoms with Gasteiger partial charge >= 0.3 is 0 Å². The molecular formula is C26H34ClN3O3S. The van der Waals surface area contributed by atoms with E-state index in [4.69, 9.17) is 9.26 Å². The SMILES string of the molecule is Cl.O=C(NC1C2CC3CC(C2)CC1C3)c1onc(OCCN2CCCC2)c1Sc1ccccc1. The number of amides is 1. The third-order valence-electron chi connectivity index (χ3n) is 8.16. The highest BCUT2D eigenvalue weighted by Gasteiger charge is 2.49. The van der Waals surface area contributed by atoms with Gasteiger partial charge in [0.15, 0.2) is 0 Å². The van der Waals surface area contributed by atoms with Crippen molar-refractivity contribution in [1.82, 2.24) is 15.4 Å². The van der Waals surface area contributed by atoms with E-state index in [1.807, 2.05) is 30.3 Å². The second-order valence-electron chi connectivity index (χ2n) is 10.4. The lowest BCUT2D eigenvalue weighted by molar-refractivity contribution is -0.0124. The highest BCUT2D eigenvalue weighted by Crippen LogP contribution is 2.53. The third-order valence-corrected chi connectivity index (χ3v) is 9.23. The fourth-order valence-electron chi connectivity index (χ4n) is 6.86. The zero-order chi connectivity index (χ0) is 22.2. The van der Waals surface area contributed by atoms with E-state index >= 15 is 0 Å². The molecule has 4 saturated carbocycles. The molecule has 5 fully saturated rings. The van der Waals surface area contributed by atoms with Crippen molar-refractivity contribution >= 4 is 30.1 Å². The molecular weight excluding hydrogens is 470 g/mol. The Morgan fingerprint density at radius 3 is 2.41 bits per heavy atom. The first-order valence-electron chi connectivity index (χ1n) is 12.6. The standard InChI is InChI=1S/C26H33N3O3S.ClH/c30-25(27-22-19-13-17-12-18(15-19)16-20(22)14-17)23-24(33-21-6-2-1-3-7-21)26(28-32-23)31-11-10-29-8-4-5-9-29;/h1-3,6-7,17-20,22H,4-5,8-16H2,(H,27,30);1H. The molecule has 4 aliphatic carbocycles. The Morgan fingerprint density at radius 1 is 1.06 bits per heavy atom. The largest absolute Gasteiger partial charge is 0.473 e. The number of likely N-dealkylation sites (tertiary alicyclic amines) is 1. The van der Waals surface area contributed by atoms with Gasteiger partial charge < -0.3 is 14.6 Å². The van der Waals surface area contributed by atoms with E-state index in [-0.39, 0.29) is 30.1 Å². The van der Waals surface area contributed by atoms with E-state index in [0.29, 0.717) is 29.2 Å². The van der Waals surface area contributed by atoms with Crippen molar-refractivity contribution < 1.29 is 14.1 Å². The van der Waals surface area contributed by atoms with Gasteiger partial charge in [-0.1, -0.05) is 30.0 Å². The molecule has 1 aliphatic heterocycles. The summed E-state index contributed by atoms with van der Waals surface area (Å²) in [7, 11) is 0. The highest BCUT2D eigenvalue weighted by atomic mass is 35.5. The van der Waals surface area contributed by atoms with Gasteiger partial charge in [-0.25, -0.2) is 0 Å². The fourth-order valence-corrected chi connectivity index (χ4v) is 7.79. The number of rotatable bonds is 8. The first kappa shape index (κ1) is 24.0. The van der Waals surface area contributed by atoms with Crippen molar-refractivity contribution in [2.24, 2.45) is 23.7 Å². The summed E-state index contributed by atoms with van der Waals surface area (Å²) in [5, 5.41) is 7.55. The highest BCUT2D eigenvalue weighted by molar-refractivity contribution is 7.99. The second-order valence-corrected chi connectivity index (χ2v) is 11.5. The summed E-state index contributed by atoms with van der Waals surface area (Å²) in [6.45, 7) is 3.68. The van der Waals surface area contributed by atoms with Gasteiger partial charge in [0.25, 0.3) is 11.8 Å². The van der Waals surface area contributed by atoms with Gasteiger partial charge in [0, 0.05) is 17.5 Å². The monoisotopic (exact) mass is 503 g/mol. The Bertz CT molecular complexity index is 951. The third kappa shape index (κ3) is 4.98. The molecule has 5 aliphatic rings. The summed E-state index contributed by atoms with van der Waals surface area (Å²) >= 11 is 1.49. The molecule has 184 valence electrons. The van der Waals surface area contributed by atoms with Crippen LogP contribution >= 0.6 is 24.2 Å². The van der Waals surface area contributed by atoms with E-state index in [1.165, 1.54) is 56.7 Å². The number of benzene rings is 1. The van der Waals surface area contributed by atoms with Crippen LogP contribution in [0.2, 0.25) is 0 Å². The molecule has 0 radical (unpaired) electrons. The Labute approximate surface area is 211 Å². The molecule has 0 unspecified atom stereocenters. The van der Waals surface area contributed by atoms with Crippen molar-refractivity contribution in [2.75, 3.05) is 26.2 Å². The lowest BCUT2D eigenvalue weighted by Gasteiger charge is -2.54. The lowest BCUT2D eigenvalue weighted by atomic mass is 9.54. The van der Waals surface area contributed by atoms with Crippen LogP contribution in [0.5, 0.6) is 5.88 Å². The molecule has 2 heterocycles. The van der Waals surface area contributed by atoms with Crippen molar-refractivity contribution in [3.05, 3.63) is 36.1 Å². The average molecular weight is 504 g/mol. The number of carbonyl (C=O) groups excluding carboxylic acids is 1. The van der Waals surface area contributed by atoms with Gasteiger partial charge in [-0.05, 0) is 99.0 Å². The van der Waals surface area contributed by atoms with E-state index < -0.39 is 0 Å². The lowest BCUT2D eigenvalue weighted by Crippen LogP contribution is -2.55. The first-order chi connectivity index (χ1) is 16.2. The van der Waals surface area contributed by atoms with E-state index in [2.05, 4.69) is 15.4 Å². The Hall–Kier alpha value is -1.70. The maximum atomic E-state index is 13.4. The molecule has 1 saturated heterocycles. The van der Waals surface area contributed by atoms with Crippen molar-refractivity contribution in [3.63, 3.8) is 0 Å². The molecule has 6 nitrogen and oxygen atoms in total. The van der Waals surface area contributed by atoms with Gasteiger partial charge in [0.05, 0.1) is 0 Å². The number of nitrogens with zero attached hydrogens (tertiary/aromatic N) is 2. The van der Waals surface area contributed by atoms with Crippen LogP contribution in [0.15, 0.2) is 44.6 Å². The van der Waals surface area contributed by atoms with Crippen LogP contribution < -0.4 is 10.1 Å². The summed E-state index contributed by atoms with van der Waals surface area (Å²) in [6.07, 6.45) is 9.00. The van der Waals surface area contributed by atoms with Crippen LogP contribution in [0.25, 0.3) is 0 Å². The molecule has 8 heteroatoms. The van der Waals surface area contributed by atoms with Gasteiger partial charge in [-0.2, -0.15) is 0 Å². The number of nitrogens with one attached hydrogen (secondary N) is 1. The quantitative estimate of drug-likeness (QED) is 0.528. The van der Waals surface area contributed by atoms with E-state index in [9.17, 15) is 4.79 Å². The van der Waals surface area contributed by atoms with Gasteiger partial charge in [0.1, 0.15) is 11.5 Å². The molecule has 0 atom stereocenters. The Kier molecular flexibility index (Phi) is 7.42. The second kappa shape index (κ2) is 10.5. The predicted octanol–water partition coefficient (Wildman–Crippen LogP) is 5.28. The smallest absolute Gasteiger partial charge is 0.291 e. The minimum Gasteiger partial charge on any atom is -0.473 e. The number of hydrogen-bond acceptors (Lipinski definition) is 6. The first-order valence-corrected chi connectivity index (χ1v) is 13.4. The maximum Gasteiger partial charge on any atom is 0.291 e. The van der Waals surface area contributed by atoms with Crippen LogP contribution in [0.3, 0.4) is 0 Å². The molecule has 4 bridgehead atoms. The topological polar surface area (TPSA) is 67.6 Å². The van der Waals surface area contributed by atoms with Crippen LogP contribution in [0, 0.1) is 23.7 Å². The summed E-state index contributed by atoms with van der Waals surface area (Å²) in [4.78, 5) is 17.5. The summed E-state index contributed by atoms with van der Waals surface area (Å²) < 4.78 is 11.7. The van der Waals surface area contributed by atoms with Gasteiger partial charge in [-0.3, -0.25) is 9.69 Å². The number of carbonyl (C=O) groups is 1. The van der Waals surface area contributed by atoms with Crippen molar-refractivity contribution in [2.45, 2.75) is 60.8 Å². The van der Waals surface area contributed by atoms with E-state index in [0.717, 1.165) is 36.4 Å². The van der Waals surface area contributed by atoms with E-state index in [1.54, 1.807) is 0 Å². The Morgan fingerprint density at radius 2 is 1.74 bits per heavy atom. The zero-order valence-electron chi connectivity index (χ0n) is 19.5. The molecule has 2 aromatic rings. The zero-order valence-corrected chi connectivity index (χ0v) is 21.1.